The van der Waals surface area contributed by atoms with Crippen LogP contribution in [0.15, 0.2) is 0 Å². The van der Waals surface area contributed by atoms with E-state index < -0.39 is 0 Å². The van der Waals surface area contributed by atoms with Crippen LogP contribution in [0.4, 0.5) is 0 Å². The fourth-order valence-corrected chi connectivity index (χ4v) is 9.54. The average molecular weight is 574 g/mol. The Labute approximate surface area is 251 Å². The largest absolute Gasteiger partial charge is 0.393 e. The first-order valence-electron chi connectivity index (χ1n) is 18.3. The molecule has 236 valence electrons. The Balaban J connectivity index is 1.06. The Morgan fingerprint density at radius 2 is 0.854 bits per heavy atom. The van der Waals surface area contributed by atoms with E-state index in [1.165, 1.54) is 116 Å². The van der Waals surface area contributed by atoms with Gasteiger partial charge in [-0.25, -0.2) is 0 Å². The summed E-state index contributed by atoms with van der Waals surface area (Å²) < 4.78 is 13.2. The van der Waals surface area contributed by atoms with Crippen LogP contribution in [0.25, 0.3) is 0 Å². The third kappa shape index (κ3) is 8.08. The monoisotopic (exact) mass is 573 g/mol. The predicted octanol–water partition coefficient (Wildman–Crippen LogP) is 6.61. The first kappa shape index (κ1) is 30.8. The summed E-state index contributed by atoms with van der Waals surface area (Å²) in [6.07, 6.45) is 27.7. The van der Waals surface area contributed by atoms with Gasteiger partial charge in [-0.15, -0.1) is 0 Å². The maximum Gasteiger partial charge on any atom is 0.0649 e. The van der Waals surface area contributed by atoms with Crippen molar-refractivity contribution in [2.45, 2.75) is 191 Å². The molecule has 0 amide bonds. The molecule has 5 saturated carbocycles. The van der Waals surface area contributed by atoms with Gasteiger partial charge >= 0.3 is 0 Å². The molecule has 4 N–H and O–H groups in total. The van der Waals surface area contributed by atoms with Gasteiger partial charge in [0.1, 0.15) is 0 Å². The molecule has 6 fully saturated rings. The maximum absolute atomic E-state index is 11.2. The lowest BCUT2D eigenvalue weighted by molar-refractivity contribution is -0.0665. The van der Waals surface area contributed by atoms with Crippen LogP contribution >= 0.6 is 0 Å². The van der Waals surface area contributed by atoms with E-state index in [0.29, 0.717) is 60.4 Å². The fourth-order valence-electron chi connectivity index (χ4n) is 9.54. The topological polar surface area (TPSA) is 74.8 Å². The smallest absolute Gasteiger partial charge is 0.0649 e. The minimum absolute atomic E-state index is 0.184. The van der Waals surface area contributed by atoms with Gasteiger partial charge in [-0.1, -0.05) is 52.4 Å². The van der Waals surface area contributed by atoms with Crippen LogP contribution in [0.3, 0.4) is 0 Å². The molecule has 0 spiro atoms. The summed E-state index contributed by atoms with van der Waals surface area (Å²) in [5.41, 5.74) is 0. The van der Waals surface area contributed by atoms with Crippen LogP contribution in [0.5, 0.6) is 0 Å². The highest BCUT2D eigenvalue weighted by molar-refractivity contribution is 4.98. The molecule has 5 aliphatic carbocycles. The van der Waals surface area contributed by atoms with Crippen LogP contribution < -0.4 is 16.0 Å². The number of aliphatic hydroxyl groups is 1. The van der Waals surface area contributed by atoms with Crippen molar-refractivity contribution in [3.63, 3.8) is 0 Å². The van der Waals surface area contributed by atoms with E-state index in [9.17, 15) is 5.11 Å². The quantitative estimate of drug-likeness (QED) is 0.275. The summed E-state index contributed by atoms with van der Waals surface area (Å²) in [5, 5.41) is 23.4. The SMILES string of the molecule is CC1CC(O)C(C2NC(C3CCC(OC4CCCCC4)CC3)NC(C3CCC(OC4CCCCC4)CC3)N2)CC1C. The summed E-state index contributed by atoms with van der Waals surface area (Å²) >= 11 is 0. The van der Waals surface area contributed by atoms with Gasteiger partial charge in [-0.2, -0.15) is 0 Å². The molecule has 6 heteroatoms. The Kier molecular flexibility index (Phi) is 11.0. The fraction of sp³-hybridized carbons (Fsp3) is 1.00. The van der Waals surface area contributed by atoms with Crippen molar-refractivity contribution in [2.75, 3.05) is 0 Å². The first-order chi connectivity index (χ1) is 20.0. The van der Waals surface area contributed by atoms with Crippen LogP contribution in [0.2, 0.25) is 0 Å². The minimum Gasteiger partial charge on any atom is -0.393 e. The zero-order valence-corrected chi connectivity index (χ0v) is 26.4. The Morgan fingerprint density at radius 3 is 1.32 bits per heavy atom. The normalized spacial score (nSPS) is 45.9. The second-order valence-electron chi connectivity index (χ2n) is 15.5. The summed E-state index contributed by atoms with van der Waals surface area (Å²) in [5.74, 6) is 2.82. The standard InChI is InChI=1S/C35H63N3O3/c1-23-21-31(32(39)22-24(23)2)35-37-33(25-13-17-29(18-14-25)40-27-9-5-3-6-10-27)36-34(38-35)26-15-19-30(20-16-26)41-28-11-7-4-8-12-28/h23-39H,3-22H2,1-2H3. The zero-order valence-electron chi connectivity index (χ0n) is 26.4. The van der Waals surface area contributed by atoms with Crippen molar-refractivity contribution < 1.29 is 14.6 Å². The van der Waals surface area contributed by atoms with Crippen molar-refractivity contribution in [3.05, 3.63) is 0 Å². The minimum atomic E-state index is -0.218. The first-order valence-corrected chi connectivity index (χ1v) is 18.3. The summed E-state index contributed by atoms with van der Waals surface area (Å²) in [7, 11) is 0. The van der Waals surface area contributed by atoms with Gasteiger partial charge in [0.2, 0.25) is 0 Å². The number of hydrogen-bond donors (Lipinski definition) is 4. The van der Waals surface area contributed by atoms with Crippen LogP contribution in [-0.2, 0) is 9.47 Å². The number of ether oxygens (including phenoxy) is 2. The van der Waals surface area contributed by atoms with E-state index in [2.05, 4.69) is 29.8 Å². The maximum atomic E-state index is 11.2. The lowest BCUT2D eigenvalue weighted by Crippen LogP contribution is -2.73. The lowest BCUT2D eigenvalue weighted by atomic mass is 9.72. The molecule has 0 bridgehead atoms. The van der Waals surface area contributed by atoms with Crippen molar-refractivity contribution in [3.8, 4) is 0 Å². The molecule has 0 aromatic heterocycles. The third-order valence-corrected chi connectivity index (χ3v) is 12.5. The number of nitrogens with one attached hydrogen (secondary N) is 3. The van der Waals surface area contributed by atoms with Crippen molar-refractivity contribution in [2.24, 2.45) is 29.6 Å². The van der Waals surface area contributed by atoms with Gasteiger partial charge < -0.3 is 14.6 Å². The third-order valence-electron chi connectivity index (χ3n) is 12.5. The Morgan fingerprint density at radius 1 is 0.463 bits per heavy atom. The molecule has 6 atom stereocenters. The van der Waals surface area contributed by atoms with Gasteiger partial charge in [0.05, 0.1) is 49.0 Å². The van der Waals surface area contributed by atoms with Crippen LogP contribution in [0, 0.1) is 29.6 Å². The molecule has 6 nitrogen and oxygen atoms in total. The molecule has 0 radical (unpaired) electrons. The Bertz CT molecular complexity index is 723. The number of hydrogen-bond acceptors (Lipinski definition) is 6. The highest BCUT2D eigenvalue weighted by Crippen LogP contribution is 2.39. The van der Waals surface area contributed by atoms with Gasteiger partial charge in [-0.05, 0) is 114 Å². The van der Waals surface area contributed by atoms with Crippen molar-refractivity contribution in [1.29, 1.82) is 0 Å². The molecule has 1 aliphatic heterocycles. The van der Waals surface area contributed by atoms with Crippen molar-refractivity contribution in [1.82, 2.24) is 16.0 Å². The van der Waals surface area contributed by atoms with E-state index in [1.54, 1.807) is 0 Å². The van der Waals surface area contributed by atoms with E-state index in [4.69, 9.17) is 9.47 Å². The van der Waals surface area contributed by atoms with E-state index in [1.807, 2.05) is 0 Å². The molecular formula is C35H63N3O3. The average Bonchev–Trinajstić information content (AvgIpc) is 3.00. The molecule has 1 heterocycles. The van der Waals surface area contributed by atoms with Crippen LogP contribution in [-0.4, -0.2) is 54.1 Å². The highest BCUT2D eigenvalue weighted by Gasteiger charge is 2.44. The predicted molar refractivity (Wildman–Crippen MR) is 165 cm³/mol. The summed E-state index contributed by atoms with van der Waals surface area (Å²) in [4.78, 5) is 0. The highest BCUT2D eigenvalue weighted by atomic mass is 16.5. The van der Waals surface area contributed by atoms with Crippen molar-refractivity contribution >= 4 is 0 Å². The molecule has 6 unspecified atom stereocenters. The Hall–Kier alpha value is -0.240. The van der Waals surface area contributed by atoms with Gasteiger partial charge in [-0.3, -0.25) is 16.0 Å². The molecule has 0 aromatic rings. The van der Waals surface area contributed by atoms with E-state index in [-0.39, 0.29) is 18.2 Å². The second-order valence-corrected chi connectivity index (χ2v) is 15.5. The van der Waals surface area contributed by atoms with Gasteiger partial charge in [0, 0.05) is 5.92 Å². The number of aliphatic hydroxyl groups excluding tert-OH is 1. The van der Waals surface area contributed by atoms with E-state index >= 15 is 0 Å². The molecule has 0 aromatic carbocycles. The van der Waals surface area contributed by atoms with E-state index in [0.717, 1.165) is 12.8 Å². The zero-order chi connectivity index (χ0) is 28.2. The molecular weight excluding hydrogens is 510 g/mol. The summed E-state index contributed by atoms with van der Waals surface area (Å²) in [6, 6.07) is 0. The number of rotatable bonds is 7. The van der Waals surface area contributed by atoms with Gasteiger partial charge in [0.15, 0.2) is 0 Å². The molecule has 1 saturated heterocycles. The van der Waals surface area contributed by atoms with Gasteiger partial charge in [0.25, 0.3) is 0 Å². The second kappa shape index (κ2) is 14.7. The van der Waals surface area contributed by atoms with Crippen LogP contribution in [0.1, 0.15) is 142 Å². The summed E-state index contributed by atoms with van der Waals surface area (Å²) in [6.45, 7) is 4.71. The molecule has 6 rings (SSSR count). The molecule has 41 heavy (non-hydrogen) atoms. The molecule has 6 aliphatic rings. The lowest BCUT2D eigenvalue weighted by Gasteiger charge is -2.51.